The van der Waals surface area contributed by atoms with E-state index in [1.54, 1.807) is 0 Å². The molecule has 10 nitrogen and oxygen atoms in total. The molecule has 0 rings (SSSR count). The zero-order valence-electron chi connectivity index (χ0n) is 12.4. The van der Waals surface area contributed by atoms with Crippen LogP contribution in [0, 0.1) is 0 Å². The van der Waals surface area contributed by atoms with Crippen molar-refractivity contribution in [2.45, 2.75) is 33.6 Å². The van der Waals surface area contributed by atoms with E-state index in [0.29, 0.717) is 6.54 Å². The van der Waals surface area contributed by atoms with Crippen LogP contribution in [-0.2, 0) is 14.4 Å². The van der Waals surface area contributed by atoms with Crippen LogP contribution in [0.25, 0.3) is 0 Å². The Hall–Kier alpha value is -2.20. The van der Waals surface area contributed by atoms with Crippen LogP contribution < -0.4 is 16.7 Å². The summed E-state index contributed by atoms with van der Waals surface area (Å²) >= 11 is 0. The summed E-state index contributed by atoms with van der Waals surface area (Å²) in [5.41, 5.74) is 5.23. The Morgan fingerprint density at radius 1 is 0.952 bits per heavy atom. The number of rotatable bonds is 6. The van der Waals surface area contributed by atoms with Crippen molar-refractivity contribution in [2.24, 2.45) is 10.9 Å². The lowest BCUT2D eigenvalue weighted by atomic mass is 10.4. The molecular weight excluding hydrogens is 284 g/mol. The first-order valence-corrected chi connectivity index (χ1v) is 6.14. The molecule has 0 aliphatic heterocycles. The minimum atomic E-state index is -1.82. The second-order valence-electron chi connectivity index (χ2n) is 3.47. The van der Waals surface area contributed by atoms with Crippen LogP contribution in [0.15, 0.2) is 5.10 Å². The molecule has 0 fully saturated rings. The molecule has 0 atom stereocenters. The molecule has 7 N–H and O–H groups in total. The highest BCUT2D eigenvalue weighted by Gasteiger charge is 2.04. The van der Waals surface area contributed by atoms with Crippen molar-refractivity contribution >= 4 is 23.6 Å². The van der Waals surface area contributed by atoms with Crippen LogP contribution in [0.3, 0.4) is 0 Å². The Morgan fingerprint density at radius 2 is 1.38 bits per heavy atom. The van der Waals surface area contributed by atoms with Gasteiger partial charge in [-0.2, -0.15) is 5.10 Å². The van der Waals surface area contributed by atoms with Crippen LogP contribution in [0.5, 0.6) is 0 Å². The van der Waals surface area contributed by atoms with Crippen molar-refractivity contribution < 1.29 is 29.7 Å². The summed E-state index contributed by atoms with van der Waals surface area (Å²) in [7, 11) is 0. The SMILES string of the molecule is CCCNN.CCCNN=C(C)C(=O)O.O=C(O)C(=O)O. The molecule has 0 amide bonds. The molecule has 0 unspecified atom stereocenters. The molecule has 21 heavy (non-hydrogen) atoms. The molecule has 0 saturated carbocycles. The van der Waals surface area contributed by atoms with E-state index < -0.39 is 17.9 Å². The number of carboxylic acids is 3. The second kappa shape index (κ2) is 17.8. The number of aliphatic carboxylic acids is 3. The number of nitrogens with two attached hydrogens (primary N) is 1. The summed E-state index contributed by atoms with van der Waals surface area (Å²) in [5.74, 6) is 0.258. The van der Waals surface area contributed by atoms with E-state index in [1.807, 2.05) is 6.92 Å². The van der Waals surface area contributed by atoms with Gasteiger partial charge in [-0.05, 0) is 19.8 Å². The molecule has 0 aliphatic carbocycles. The van der Waals surface area contributed by atoms with Crippen molar-refractivity contribution in [1.29, 1.82) is 0 Å². The second-order valence-corrected chi connectivity index (χ2v) is 3.47. The van der Waals surface area contributed by atoms with Gasteiger partial charge in [-0.3, -0.25) is 11.3 Å². The molecule has 0 heterocycles. The van der Waals surface area contributed by atoms with Gasteiger partial charge in [0.25, 0.3) is 0 Å². The first-order valence-electron chi connectivity index (χ1n) is 6.14. The number of hydrogen-bond acceptors (Lipinski definition) is 7. The number of carbonyl (C=O) groups is 3. The van der Waals surface area contributed by atoms with Gasteiger partial charge >= 0.3 is 17.9 Å². The van der Waals surface area contributed by atoms with Crippen molar-refractivity contribution in [1.82, 2.24) is 10.9 Å². The maximum Gasteiger partial charge on any atom is 0.414 e. The highest BCUT2D eigenvalue weighted by atomic mass is 16.4. The zero-order valence-corrected chi connectivity index (χ0v) is 12.4. The number of hydrazone groups is 1. The number of nitrogens with zero attached hydrogens (tertiary/aromatic N) is 1. The summed E-state index contributed by atoms with van der Waals surface area (Å²) < 4.78 is 0. The molecule has 0 aliphatic rings. The average molecular weight is 308 g/mol. The largest absolute Gasteiger partial charge is 0.477 e. The maximum absolute atomic E-state index is 10.1. The number of hydrazine groups is 1. The lowest BCUT2D eigenvalue weighted by Crippen LogP contribution is -2.21. The smallest absolute Gasteiger partial charge is 0.414 e. The summed E-state index contributed by atoms with van der Waals surface area (Å²) in [6.07, 6.45) is 2.05. The van der Waals surface area contributed by atoms with Gasteiger partial charge in [0, 0.05) is 13.1 Å². The standard InChI is InChI=1S/C6H12N2O2.C3H10N2.C2H2O4/c1-3-4-7-8-5(2)6(9)10;1-2-3-5-4;3-1(4)2(5)6/h7H,3-4H2,1-2H3,(H,9,10);5H,2-4H2,1H3;(H,3,4)(H,5,6). The van der Waals surface area contributed by atoms with Crippen LogP contribution in [0.4, 0.5) is 0 Å². The lowest BCUT2D eigenvalue weighted by Gasteiger charge is -1.95. The third-order valence-electron chi connectivity index (χ3n) is 1.50. The fraction of sp³-hybridized carbons (Fsp3) is 0.636. The minimum Gasteiger partial charge on any atom is -0.477 e. The van der Waals surface area contributed by atoms with Crippen molar-refractivity contribution in [2.75, 3.05) is 13.1 Å². The normalized spacial score (nSPS) is 9.43. The maximum atomic E-state index is 10.1. The fourth-order valence-corrected chi connectivity index (χ4v) is 0.478. The predicted molar refractivity (Wildman–Crippen MR) is 76.8 cm³/mol. The van der Waals surface area contributed by atoms with Gasteiger partial charge in [0.05, 0.1) is 0 Å². The lowest BCUT2D eigenvalue weighted by molar-refractivity contribution is -0.159. The Kier molecular flexibility index (Phi) is 20.2. The molecule has 0 aromatic rings. The van der Waals surface area contributed by atoms with Gasteiger partial charge in [-0.25, -0.2) is 14.4 Å². The first kappa shape index (κ1) is 23.9. The van der Waals surface area contributed by atoms with E-state index in [2.05, 4.69) is 22.9 Å². The quantitative estimate of drug-likeness (QED) is 0.124. The van der Waals surface area contributed by atoms with Crippen molar-refractivity contribution in [3.8, 4) is 0 Å². The Labute approximate surface area is 123 Å². The number of hydrogen-bond donors (Lipinski definition) is 6. The van der Waals surface area contributed by atoms with Crippen LogP contribution >= 0.6 is 0 Å². The summed E-state index contributed by atoms with van der Waals surface area (Å²) in [5, 5.41) is 26.7. The zero-order chi connectivity index (χ0) is 17.3. The Bertz CT molecular complexity index is 319. The molecule has 0 aromatic heterocycles. The van der Waals surface area contributed by atoms with Gasteiger partial charge in [0.15, 0.2) is 0 Å². The van der Waals surface area contributed by atoms with Crippen LogP contribution in [-0.4, -0.2) is 52.0 Å². The summed E-state index contributed by atoms with van der Waals surface area (Å²) in [4.78, 5) is 28.3. The Balaban J connectivity index is -0.000000252. The van der Waals surface area contributed by atoms with E-state index in [-0.39, 0.29) is 5.71 Å². The van der Waals surface area contributed by atoms with E-state index in [4.69, 9.17) is 30.8 Å². The minimum absolute atomic E-state index is 0.0912. The predicted octanol–water partition coefficient (Wildman–Crippen LogP) is -0.538. The van der Waals surface area contributed by atoms with E-state index in [1.165, 1.54) is 6.92 Å². The molecule has 0 saturated heterocycles. The molecule has 124 valence electrons. The van der Waals surface area contributed by atoms with Gasteiger partial charge in [-0.1, -0.05) is 13.8 Å². The third-order valence-corrected chi connectivity index (χ3v) is 1.50. The van der Waals surface area contributed by atoms with Crippen molar-refractivity contribution in [3.63, 3.8) is 0 Å². The van der Waals surface area contributed by atoms with Gasteiger partial charge in [-0.15, -0.1) is 0 Å². The van der Waals surface area contributed by atoms with Crippen LogP contribution in [0.2, 0.25) is 0 Å². The molecule has 0 spiro atoms. The van der Waals surface area contributed by atoms with Gasteiger partial charge in [0.1, 0.15) is 5.71 Å². The molecule has 10 heteroatoms. The molecule has 0 aromatic carbocycles. The number of carboxylic acid groups (broad SMARTS) is 3. The van der Waals surface area contributed by atoms with Gasteiger partial charge in [0.2, 0.25) is 0 Å². The summed E-state index contributed by atoms with van der Waals surface area (Å²) in [6, 6.07) is 0. The topological polar surface area (TPSA) is 174 Å². The average Bonchev–Trinajstić information content (AvgIpc) is 2.41. The summed E-state index contributed by atoms with van der Waals surface area (Å²) in [6.45, 7) is 7.13. The fourth-order valence-electron chi connectivity index (χ4n) is 0.478. The number of nitrogens with one attached hydrogen (secondary N) is 2. The molecule has 0 radical (unpaired) electrons. The highest BCUT2D eigenvalue weighted by Crippen LogP contribution is 1.75. The molecular formula is C11H24N4O6. The first-order chi connectivity index (χ1) is 9.74. The Morgan fingerprint density at radius 3 is 1.57 bits per heavy atom. The molecule has 0 bridgehead atoms. The monoisotopic (exact) mass is 308 g/mol. The van der Waals surface area contributed by atoms with Gasteiger partial charge < -0.3 is 20.7 Å². The highest BCUT2D eigenvalue weighted by molar-refractivity contribution is 6.34. The van der Waals surface area contributed by atoms with Crippen molar-refractivity contribution in [3.05, 3.63) is 0 Å². The van der Waals surface area contributed by atoms with E-state index in [9.17, 15) is 4.79 Å². The van der Waals surface area contributed by atoms with E-state index >= 15 is 0 Å². The van der Waals surface area contributed by atoms with E-state index in [0.717, 1.165) is 19.4 Å². The van der Waals surface area contributed by atoms with Crippen LogP contribution in [0.1, 0.15) is 33.6 Å². The third kappa shape index (κ3) is 27.1.